The molecule has 0 saturated heterocycles. The summed E-state index contributed by atoms with van der Waals surface area (Å²) in [5.41, 5.74) is 11.7. The first kappa shape index (κ1) is 19.3. The molecule has 0 N–H and O–H groups in total. The number of hydrogen-bond donors (Lipinski definition) is 0. The molecule has 0 aliphatic heterocycles. The molecule has 2 nitrogen and oxygen atoms in total. The summed E-state index contributed by atoms with van der Waals surface area (Å²) in [5, 5.41) is 0. The summed E-state index contributed by atoms with van der Waals surface area (Å²) in [7, 11) is 0. The second-order valence-electron chi connectivity index (χ2n) is 7.16. The van der Waals surface area contributed by atoms with Crippen LogP contribution in [0, 0.1) is 48.5 Å². The van der Waals surface area contributed by atoms with Gasteiger partial charge in [0.2, 0.25) is 0 Å². The van der Waals surface area contributed by atoms with E-state index in [0.717, 1.165) is 0 Å². The quantitative estimate of drug-likeness (QED) is 0.622. The van der Waals surface area contributed by atoms with Gasteiger partial charge in [0.05, 0.1) is 0 Å². The monoisotopic (exact) mass is 354 g/mol. The molecule has 25 heavy (non-hydrogen) atoms. The Morgan fingerprint density at radius 3 is 1.60 bits per heavy atom. The van der Waals surface area contributed by atoms with Crippen molar-refractivity contribution in [3.63, 3.8) is 0 Å². The van der Waals surface area contributed by atoms with Crippen molar-refractivity contribution in [3.8, 4) is 11.4 Å². The van der Waals surface area contributed by atoms with E-state index in [1.165, 1.54) is 50.4 Å². The highest BCUT2D eigenvalue weighted by Gasteiger charge is 2.20. The predicted octanol–water partition coefficient (Wildman–Crippen LogP) is 1.92. The molecule has 0 atom stereocenters. The zero-order valence-corrected chi connectivity index (χ0v) is 17.0. The molecule has 0 fully saturated rings. The highest BCUT2D eigenvalue weighted by Crippen LogP contribution is 2.22. The first-order valence-corrected chi connectivity index (χ1v) is 8.54. The number of rotatable bonds is 2. The Hall–Kier alpha value is -2.06. The van der Waals surface area contributed by atoms with Crippen molar-refractivity contribution in [1.82, 2.24) is 4.57 Å². The van der Waals surface area contributed by atoms with Crippen molar-refractivity contribution in [2.45, 2.75) is 48.5 Å². The van der Waals surface area contributed by atoms with Crippen LogP contribution in [0.3, 0.4) is 0 Å². The molecule has 3 aromatic rings. The molecule has 1 aromatic heterocycles. The van der Waals surface area contributed by atoms with Crippen LogP contribution in [0.2, 0.25) is 0 Å². The minimum absolute atomic E-state index is 0. The SMILES string of the molecule is Cc1cc(C)c(-n2cc(C)[n+](-c3c(C)cc(C)cc3C)c2)c(C)c1.[Cl-]. The van der Waals surface area contributed by atoms with Gasteiger partial charge in [-0.25, -0.2) is 4.57 Å². The van der Waals surface area contributed by atoms with Gasteiger partial charge in [-0.05, 0) is 63.8 Å². The van der Waals surface area contributed by atoms with Gasteiger partial charge < -0.3 is 12.4 Å². The van der Waals surface area contributed by atoms with E-state index in [0.29, 0.717) is 0 Å². The van der Waals surface area contributed by atoms with Crippen molar-refractivity contribution in [3.05, 3.63) is 75.9 Å². The minimum atomic E-state index is 0. The van der Waals surface area contributed by atoms with E-state index in [9.17, 15) is 0 Å². The summed E-state index contributed by atoms with van der Waals surface area (Å²) in [6.45, 7) is 15.3. The maximum absolute atomic E-state index is 2.31. The van der Waals surface area contributed by atoms with E-state index < -0.39 is 0 Å². The van der Waals surface area contributed by atoms with Crippen LogP contribution in [0.4, 0.5) is 0 Å². The molecule has 0 unspecified atom stereocenters. The number of halogens is 1. The minimum Gasteiger partial charge on any atom is -1.00 e. The second-order valence-corrected chi connectivity index (χ2v) is 7.16. The van der Waals surface area contributed by atoms with Crippen LogP contribution in [0.1, 0.15) is 39.1 Å². The van der Waals surface area contributed by atoms with Crippen LogP contribution < -0.4 is 17.0 Å². The van der Waals surface area contributed by atoms with Crippen LogP contribution in [0.25, 0.3) is 11.4 Å². The fourth-order valence-corrected chi connectivity index (χ4v) is 4.00. The Morgan fingerprint density at radius 1 is 0.680 bits per heavy atom. The molecule has 1 heterocycles. The van der Waals surface area contributed by atoms with Gasteiger partial charge in [-0.1, -0.05) is 35.4 Å². The highest BCUT2D eigenvalue weighted by atomic mass is 35.5. The van der Waals surface area contributed by atoms with Gasteiger partial charge in [0.25, 0.3) is 6.33 Å². The standard InChI is InChI=1S/C22H27N2.ClH/c1-14-8-16(3)21(17(4)9-14)23-12-20(7)24(13-23)22-18(5)10-15(2)11-19(22)6;/h8-13H,1-7H3;1H/q+1;/p-1. The van der Waals surface area contributed by atoms with E-state index >= 15 is 0 Å². The number of imidazole rings is 1. The number of nitrogens with zero attached hydrogens (tertiary/aromatic N) is 2. The van der Waals surface area contributed by atoms with Crippen molar-refractivity contribution < 1.29 is 17.0 Å². The van der Waals surface area contributed by atoms with Crippen molar-refractivity contribution in [2.75, 3.05) is 0 Å². The Bertz CT molecular complexity index is 889. The van der Waals surface area contributed by atoms with Gasteiger partial charge in [0.15, 0.2) is 0 Å². The Labute approximate surface area is 157 Å². The van der Waals surface area contributed by atoms with Crippen molar-refractivity contribution >= 4 is 0 Å². The second kappa shape index (κ2) is 7.05. The first-order chi connectivity index (χ1) is 11.3. The number of hydrogen-bond acceptors (Lipinski definition) is 0. The molecule has 0 radical (unpaired) electrons. The third-order valence-electron chi connectivity index (χ3n) is 4.72. The molecular formula is C22H27ClN2. The summed E-state index contributed by atoms with van der Waals surface area (Å²) in [5.74, 6) is 0. The predicted molar refractivity (Wildman–Crippen MR) is 100 cm³/mol. The van der Waals surface area contributed by atoms with E-state index in [4.69, 9.17) is 0 Å². The molecule has 2 aromatic carbocycles. The van der Waals surface area contributed by atoms with Gasteiger partial charge in [-0.3, -0.25) is 0 Å². The molecule has 0 aliphatic carbocycles. The fraction of sp³-hybridized carbons (Fsp3) is 0.318. The molecule has 0 saturated carbocycles. The largest absolute Gasteiger partial charge is 1.00 e. The first-order valence-electron chi connectivity index (χ1n) is 8.54. The molecule has 0 spiro atoms. The van der Waals surface area contributed by atoms with Crippen molar-refractivity contribution in [2.24, 2.45) is 0 Å². The number of aromatic nitrogens is 2. The molecule has 0 amide bonds. The Morgan fingerprint density at radius 2 is 1.12 bits per heavy atom. The van der Waals surface area contributed by atoms with Gasteiger partial charge >= 0.3 is 0 Å². The summed E-state index contributed by atoms with van der Waals surface area (Å²) in [6, 6.07) is 9.03. The Balaban J connectivity index is 0.00000225. The van der Waals surface area contributed by atoms with E-state index in [1.54, 1.807) is 0 Å². The average molecular weight is 355 g/mol. The summed E-state index contributed by atoms with van der Waals surface area (Å²) in [4.78, 5) is 0. The highest BCUT2D eigenvalue weighted by molar-refractivity contribution is 5.49. The van der Waals surface area contributed by atoms with Gasteiger partial charge in [-0.15, -0.1) is 0 Å². The lowest BCUT2D eigenvalue weighted by atomic mass is 10.0. The zero-order valence-electron chi connectivity index (χ0n) is 16.2. The van der Waals surface area contributed by atoms with Crippen LogP contribution in [0.15, 0.2) is 36.8 Å². The molecule has 0 bridgehead atoms. The zero-order chi connectivity index (χ0) is 17.6. The summed E-state index contributed by atoms with van der Waals surface area (Å²) >= 11 is 0. The third-order valence-corrected chi connectivity index (χ3v) is 4.72. The summed E-state index contributed by atoms with van der Waals surface area (Å²) < 4.78 is 4.57. The molecular weight excluding hydrogens is 328 g/mol. The van der Waals surface area contributed by atoms with Crippen LogP contribution in [-0.2, 0) is 0 Å². The van der Waals surface area contributed by atoms with Crippen LogP contribution in [0.5, 0.6) is 0 Å². The summed E-state index contributed by atoms with van der Waals surface area (Å²) in [6.07, 6.45) is 4.44. The lowest BCUT2D eigenvalue weighted by Crippen LogP contribution is -3.00. The van der Waals surface area contributed by atoms with E-state index in [1.807, 2.05) is 0 Å². The van der Waals surface area contributed by atoms with Crippen molar-refractivity contribution in [1.29, 1.82) is 0 Å². The van der Waals surface area contributed by atoms with Crippen LogP contribution >= 0.6 is 0 Å². The number of benzene rings is 2. The van der Waals surface area contributed by atoms with E-state index in [2.05, 4.69) is 94.4 Å². The lowest BCUT2D eigenvalue weighted by molar-refractivity contribution is -0.602. The third kappa shape index (κ3) is 3.50. The molecule has 3 rings (SSSR count). The smallest absolute Gasteiger partial charge is 0.254 e. The maximum Gasteiger partial charge on any atom is 0.254 e. The maximum atomic E-state index is 2.31. The molecule has 132 valence electrons. The molecule has 0 aliphatic rings. The van der Waals surface area contributed by atoms with Gasteiger partial charge in [0.1, 0.15) is 23.3 Å². The fourth-order valence-electron chi connectivity index (χ4n) is 4.00. The van der Waals surface area contributed by atoms with Crippen LogP contribution in [-0.4, -0.2) is 4.57 Å². The average Bonchev–Trinajstić information content (AvgIpc) is 2.78. The lowest BCUT2D eigenvalue weighted by Gasteiger charge is -2.09. The number of aryl methyl sites for hydroxylation is 7. The van der Waals surface area contributed by atoms with E-state index in [-0.39, 0.29) is 12.4 Å². The normalized spacial score (nSPS) is 10.7. The topological polar surface area (TPSA) is 8.81 Å². The van der Waals surface area contributed by atoms with Gasteiger partial charge in [0, 0.05) is 6.92 Å². The Kier molecular flexibility index (Phi) is 5.43. The molecule has 3 heteroatoms. The van der Waals surface area contributed by atoms with Gasteiger partial charge in [-0.2, -0.15) is 4.57 Å².